The van der Waals surface area contributed by atoms with Gasteiger partial charge < -0.3 is 20.0 Å². The molecule has 8 nitrogen and oxygen atoms in total. The lowest BCUT2D eigenvalue weighted by molar-refractivity contribution is -0.122. The Morgan fingerprint density at radius 1 is 1.21 bits per heavy atom. The van der Waals surface area contributed by atoms with E-state index in [2.05, 4.69) is 21.8 Å². The number of aromatic nitrogens is 2. The van der Waals surface area contributed by atoms with Gasteiger partial charge in [-0.3, -0.25) is 4.79 Å². The SMILES string of the molecule is C=C(N=CN(C)c1ccc(CN2C(=O)C(N)CC(F)(F)c3cc(F)c(-c4nnc(C(C)(C)C)o4)cc32)cc1)C(F)(F)F. The molecule has 1 aromatic heterocycles. The van der Waals surface area contributed by atoms with E-state index in [1.165, 1.54) is 24.1 Å². The number of carbonyl (C=O) groups is 1. The first-order valence-corrected chi connectivity index (χ1v) is 12.6. The highest BCUT2D eigenvalue weighted by atomic mass is 19.4. The van der Waals surface area contributed by atoms with Gasteiger partial charge in [0.25, 0.3) is 11.8 Å². The first-order chi connectivity index (χ1) is 19.4. The third kappa shape index (κ3) is 6.32. The maximum atomic E-state index is 15.2. The van der Waals surface area contributed by atoms with Gasteiger partial charge in [-0.05, 0) is 29.8 Å². The van der Waals surface area contributed by atoms with Gasteiger partial charge in [0.15, 0.2) is 0 Å². The highest BCUT2D eigenvalue weighted by Crippen LogP contribution is 2.45. The lowest BCUT2D eigenvalue weighted by Gasteiger charge is -2.26. The fraction of sp³-hybridized carbons (Fsp3) is 0.357. The van der Waals surface area contributed by atoms with Crippen LogP contribution in [0.2, 0.25) is 0 Å². The Balaban J connectivity index is 1.70. The van der Waals surface area contributed by atoms with Crippen molar-refractivity contribution in [3.8, 4) is 11.5 Å². The van der Waals surface area contributed by atoms with Crippen LogP contribution in [-0.2, 0) is 22.7 Å². The smallest absolute Gasteiger partial charge is 0.420 e. The highest BCUT2D eigenvalue weighted by Gasteiger charge is 2.45. The number of halogens is 6. The normalized spacial score (nSPS) is 17.4. The first-order valence-electron chi connectivity index (χ1n) is 12.6. The molecule has 1 amide bonds. The van der Waals surface area contributed by atoms with E-state index in [9.17, 15) is 18.0 Å². The third-order valence-corrected chi connectivity index (χ3v) is 6.53. The third-order valence-electron chi connectivity index (χ3n) is 6.53. The summed E-state index contributed by atoms with van der Waals surface area (Å²) in [7, 11) is 1.47. The van der Waals surface area contributed by atoms with Gasteiger partial charge in [-0.1, -0.05) is 39.5 Å². The molecule has 0 saturated heterocycles. The maximum Gasteiger partial charge on any atom is 0.432 e. The molecule has 14 heteroatoms. The number of nitrogens with zero attached hydrogens (tertiary/aromatic N) is 5. The Labute approximate surface area is 237 Å². The molecule has 0 spiro atoms. The Hall–Kier alpha value is -4.20. The van der Waals surface area contributed by atoms with Crippen LogP contribution in [0.5, 0.6) is 0 Å². The molecule has 1 atom stereocenters. The number of amides is 1. The molecule has 1 aliphatic rings. The lowest BCUT2D eigenvalue weighted by atomic mass is 9.97. The van der Waals surface area contributed by atoms with Gasteiger partial charge in [0, 0.05) is 30.1 Å². The van der Waals surface area contributed by atoms with Gasteiger partial charge in [-0.25, -0.2) is 18.2 Å². The zero-order valence-corrected chi connectivity index (χ0v) is 23.1. The number of nitrogens with two attached hydrogens (primary N) is 1. The van der Waals surface area contributed by atoms with Gasteiger partial charge in [0.05, 0.1) is 30.2 Å². The average Bonchev–Trinajstić information content (AvgIpc) is 3.38. The molecule has 1 aliphatic heterocycles. The van der Waals surface area contributed by atoms with E-state index < -0.39 is 53.0 Å². The molecule has 2 heterocycles. The molecule has 0 radical (unpaired) electrons. The molecule has 4 rings (SSSR count). The number of allylic oxidation sites excluding steroid dienone is 1. The van der Waals surface area contributed by atoms with Crippen molar-refractivity contribution in [2.24, 2.45) is 10.7 Å². The maximum absolute atomic E-state index is 15.2. The Morgan fingerprint density at radius 2 is 1.86 bits per heavy atom. The van der Waals surface area contributed by atoms with Crippen LogP contribution in [0.1, 0.15) is 44.2 Å². The first kappa shape index (κ1) is 30.8. The van der Waals surface area contributed by atoms with Crippen LogP contribution < -0.4 is 15.5 Å². The number of anilines is 2. The summed E-state index contributed by atoms with van der Waals surface area (Å²) in [6.45, 7) is 8.06. The second kappa shape index (κ2) is 10.9. The Bertz CT molecular complexity index is 1530. The van der Waals surface area contributed by atoms with Gasteiger partial charge in [0.2, 0.25) is 11.8 Å². The summed E-state index contributed by atoms with van der Waals surface area (Å²) in [5, 5.41) is 7.80. The lowest BCUT2D eigenvalue weighted by Crippen LogP contribution is -2.43. The fourth-order valence-electron chi connectivity index (χ4n) is 4.15. The number of fused-ring (bicyclic) bond motifs is 1. The number of aliphatic imine (C=N–C) groups is 1. The van der Waals surface area contributed by atoms with Crippen molar-refractivity contribution in [3.05, 3.63) is 71.5 Å². The minimum absolute atomic E-state index is 0.199. The molecule has 2 aromatic carbocycles. The number of hydrogen-bond donors (Lipinski definition) is 1. The quantitative estimate of drug-likeness (QED) is 0.211. The van der Waals surface area contributed by atoms with Crippen LogP contribution in [0.25, 0.3) is 11.5 Å². The number of alkyl halides is 5. The predicted octanol–water partition coefficient (Wildman–Crippen LogP) is 6.07. The topological polar surface area (TPSA) is 101 Å². The summed E-state index contributed by atoms with van der Waals surface area (Å²) in [5.41, 5.74) is 3.67. The standard InChI is InChI=1S/C28H28F6N6O2/c1-15(28(32,33)34)36-14-39(5)17-8-6-16(7-9-17)13-40-22-10-18(23-37-38-25(42-23)26(2,3)4)20(29)11-19(22)27(30,31)12-21(35)24(40)41/h6-11,14,21H,1,12-13,35H2,2-5H3. The predicted molar refractivity (Wildman–Crippen MR) is 145 cm³/mol. The average molecular weight is 595 g/mol. The molecule has 0 saturated carbocycles. The van der Waals surface area contributed by atoms with Crippen molar-refractivity contribution in [2.75, 3.05) is 16.8 Å². The molecule has 0 bridgehead atoms. The Kier molecular flexibility index (Phi) is 7.98. The van der Waals surface area contributed by atoms with Crippen LogP contribution in [0.15, 0.2) is 58.1 Å². The fourth-order valence-corrected chi connectivity index (χ4v) is 4.15. The molecule has 3 aromatic rings. The van der Waals surface area contributed by atoms with Gasteiger partial charge in [0.1, 0.15) is 11.5 Å². The molecule has 0 aliphatic carbocycles. The van der Waals surface area contributed by atoms with E-state index in [0.717, 1.165) is 17.3 Å². The van der Waals surface area contributed by atoms with E-state index in [0.29, 0.717) is 17.3 Å². The van der Waals surface area contributed by atoms with Crippen LogP contribution in [0.4, 0.5) is 37.7 Å². The minimum atomic E-state index is -4.67. The Morgan fingerprint density at radius 3 is 2.43 bits per heavy atom. The van der Waals surface area contributed by atoms with Crippen molar-refractivity contribution in [2.45, 2.75) is 57.3 Å². The minimum Gasteiger partial charge on any atom is -0.420 e. The van der Waals surface area contributed by atoms with Crippen LogP contribution in [-0.4, -0.2) is 41.7 Å². The highest BCUT2D eigenvalue weighted by molar-refractivity contribution is 5.99. The van der Waals surface area contributed by atoms with E-state index in [1.807, 2.05) is 0 Å². The van der Waals surface area contributed by atoms with Gasteiger partial charge in [-0.2, -0.15) is 13.2 Å². The number of hydrogen-bond acceptors (Lipinski definition) is 6. The summed E-state index contributed by atoms with van der Waals surface area (Å²) in [5.74, 6) is -5.53. The largest absolute Gasteiger partial charge is 0.432 e. The van der Waals surface area contributed by atoms with Crippen LogP contribution >= 0.6 is 0 Å². The van der Waals surface area contributed by atoms with E-state index in [-0.39, 0.29) is 29.6 Å². The van der Waals surface area contributed by atoms with Crippen molar-refractivity contribution >= 4 is 23.6 Å². The molecule has 0 fully saturated rings. The number of benzene rings is 2. The molecule has 224 valence electrons. The van der Waals surface area contributed by atoms with Crippen LogP contribution in [0.3, 0.4) is 0 Å². The summed E-state index contributed by atoms with van der Waals surface area (Å²) < 4.78 is 89.3. The van der Waals surface area contributed by atoms with E-state index >= 15 is 13.2 Å². The van der Waals surface area contributed by atoms with Crippen molar-refractivity contribution in [1.29, 1.82) is 0 Å². The summed E-state index contributed by atoms with van der Waals surface area (Å²) in [6, 6.07) is 6.32. The van der Waals surface area contributed by atoms with E-state index in [4.69, 9.17) is 10.2 Å². The van der Waals surface area contributed by atoms with Crippen molar-refractivity contribution < 1.29 is 35.6 Å². The van der Waals surface area contributed by atoms with Crippen molar-refractivity contribution in [1.82, 2.24) is 10.2 Å². The second-order valence-electron chi connectivity index (χ2n) is 10.9. The molecular weight excluding hydrogens is 566 g/mol. The zero-order valence-electron chi connectivity index (χ0n) is 23.1. The molecular formula is C28H28F6N6O2. The molecule has 42 heavy (non-hydrogen) atoms. The monoisotopic (exact) mass is 594 g/mol. The summed E-state index contributed by atoms with van der Waals surface area (Å²) >= 11 is 0. The zero-order chi connectivity index (χ0) is 31.2. The second-order valence-corrected chi connectivity index (χ2v) is 10.9. The van der Waals surface area contributed by atoms with Gasteiger partial charge >= 0.3 is 6.18 Å². The van der Waals surface area contributed by atoms with Crippen molar-refractivity contribution in [3.63, 3.8) is 0 Å². The number of carbonyl (C=O) groups excluding carboxylic acids is 1. The van der Waals surface area contributed by atoms with E-state index in [1.54, 1.807) is 32.9 Å². The summed E-state index contributed by atoms with van der Waals surface area (Å²) in [4.78, 5) is 18.9. The van der Waals surface area contributed by atoms with Crippen LogP contribution in [0, 0.1) is 5.82 Å². The summed E-state index contributed by atoms with van der Waals surface area (Å²) in [6.07, 6.45) is -4.76. The number of rotatable bonds is 6. The molecule has 2 N–H and O–H groups in total. The van der Waals surface area contributed by atoms with Gasteiger partial charge in [-0.15, -0.1) is 10.2 Å². The molecule has 1 unspecified atom stereocenters.